The molecule has 1 aliphatic heterocycles. The molecule has 1 aromatic carbocycles. The second-order valence-electron chi connectivity index (χ2n) is 5.52. The first-order chi connectivity index (χ1) is 8.42. The van der Waals surface area contributed by atoms with Crippen molar-refractivity contribution >= 4 is 15.9 Å². The first-order valence-electron chi connectivity index (χ1n) is 6.34. The molecule has 1 heterocycles. The summed E-state index contributed by atoms with van der Waals surface area (Å²) >= 11 is 3.30. The van der Waals surface area contributed by atoms with E-state index < -0.39 is 0 Å². The van der Waals surface area contributed by atoms with Gasteiger partial charge in [0.25, 0.3) is 0 Å². The van der Waals surface area contributed by atoms with Crippen molar-refractivity contribution in [3.63, 3.8) is 0 Å². The Labute approximate surface area is 117 Å². The van der Waals surface area contributed by atoms with Crippen molar-refractivity contribution in [1.29, 1.82) is 0 Å². The number of halogens is 2. The van der Waals surface area contributed by atoms with Crippen molar-refractivity contribution in [2.75, 3.05) is 19.6 Å². The summed E-state index contributed by atoms with van der Waals surface area (Å²) in [4.78, 5) is 2.37. The highest BCUT2D eigenvalue weighted by Gasteiger charge is 2.34. The lowest BCUT2D eigenvalue weighted by molar-refractivity contribution is 0.0502. The minimum Gasteiger partial charge on any atom is -0.314 e. The first kappa shape index (κ1) is 14.0. The lowest BCUT2D eigenvalue weighted by atomic mass is 9.95. The molecule has 0 amide bonds. The molecule has 2 nitrogen and oxygen atoms in total. The Kier molecular flexibility index (Phi) is 4.09. The normalized spacial score (nSPS) is 21.8. The molecule has 1 aromatic rings. The van der Waals surface area contributed by atoms with E-state index in [0.717, 1.165) is 29.7 Å². The zero-order valence-corrected chi connectivity index (χ0v) is 12.7. The van der Waals surface area contributed by atoms with E-state index in [1.165, 1.54) is 0 Å². The molecule has 0 saturated carbocycles. The monoisotopic (exact) mass is 314 g/mol. The van der Waals surface area contributed by atoms with E-state index in [9.17, 15) is 4.39 Å². The van der Waals surface area contributed by atoms with Gasteiger partial charge in [-0.1, -0.05) is 22.0 Å². The third kappa shape index (κ3) is 2.76. The van der Waals surface area contributed by atoms with Gasteiger partial charge in [-0.3, -0.25) is 4.90 Å². The van der Waals surface area contributed by atoms with Crippen molar-refractivity contribution < 1.29 is 4.39 Å². The van der Waals surface area contributed by atoms with Crippen LogP contribution in [0.15, 0.2) is 22.7 Å². The van der Waals surface area contributed by atoms with Crippen LogP contribution in [0.4, 0.5) is 4.39 Å². The van der Waals surface area contributed by atoms with Crippen LogP contribution in [0.3, 0.4) is 0 Å². The SMILES string of the molecule is CC(c1ccc(Br)cc1F)N1CCNCC1(C)C. The van der Waals surface area contributed by atoms with Crippen molar-refractivity contribution in [2.45, 2.75) is 32.4 Å². The Morgan fingerprint density at radius 2 is 2.17 bits per heavy atom. The first-order valence-corrected chi connectivity index (χ1v) is 7.13. The van der Waals surface area contributed by atoms with Crippen LogP contribution < -0.4 is 5.32 Å². The molecule has 100 valence electrons. The number of hydrogen-bond donors (Lipinski definition) is 1. The standard InChI is InChI=1S/C14H20BrFN2/c1-10(12-5-4-11(15)8-13(12)16)18-7-6-17-9-14(18,2)3/h4-5,8,10,17H,6-7,9H2,1-3H3. The van der Waals surface area contributed by atoms with Gasteiger partial charge >= 0.3 is 0 Å². The van der Waals surface area contributed by atoms with Crippen molar-refractivity contribution in [3.8, 4) is 0 Å². The van der Waals surface area contributed by atoms with Crippen LogP contribution in [-0.2, 0) is 0 Å². The van der Waals surface area contributed by atoms with Gasteiger partial charge in [0, 0.05) is 41.3 Å². The number of nitrogens with one attached hydrogen (secondary N) is 1. The fourth-order valence-corrected chi connectivity index (χ4v) is 3.06. The maximum Gasteiger partial charge on any atom is 0.129 e. The molecule has 1 aliphatic rings. The van der Waals surface area contributed by atoms with E-state index in [0.29, 0.717) is 0 Å². The lowest BCUT2D eigenvalue weighted by Crippen LogP contribution is -2.58. The maximum absolute atomic E-state index is 14.0. The summed E-state index contributed by atoms with van der Waals surface area (Å²) in [5.41, 5.74) is 0.824. The number of hydrogen-bond acceptors (Lipinski definition) is 2. The van der Waals surface area contributed by atoms with Crippen LogP contribution in [-0.4, -0.2) is 30.1 Å². The molecule has 18 heavy (non-hydrogen) atoms. The van der Waals surface area contributed by atoms with Crippen LogP contribution in [0, 0.1) is 5.82 Å². The third-order valence-corrected chi connectivity index (χ3v) is 4.24. The van der Waals surface area contributed by atoms with Crippen molar-refractivity contribution in [2.24, 2.45) is 0 Å². The lowest BCUT2D eigenvalue weighted by Gasteiger charge is -2.46. The largest absolute Gasteiger partial charge is 0.314 e. The second-order valence-corrected chi connectivity index (χ2v) is 6.44. The minimum atomic E-state index is -0.133. The van der Waals surface area contributed by atoms with E-state index >= 15 is 0 Å². The summed E-state index contributed by atoms with van der Waals surface area (Å²) in [6, 6.07) is 5.42. The molecule has 1 fully saturated rings. The van der Waals surface area contributed by atoms with Gasteiger partial charge in [0.2, 0.25) is 0 Å². The van der Waals surface area contributed by atoms with E-state index in [-0.39, 0.29) is 17.4 Å². The highest BCUT2D eigenvalue weighted by atomic mass is 79.9. The molecule has 1 unspecified atom stereocenters. The molecule has 1 N–H and O–H groups in total. The summed E-state index contributed by atoms with van der Waals surface area (Å²) in [5.74, 6) is -0.133. The van der Waals surface area contributed by atoms with Gasteiger partial charge in [0.15, 0.2) is 0 Å². The Morgan fingerprint density at radius 1 is 1.44 bits per heavy atom. The van der Waals surface area contributed by atoms with Crippen LogP contribution in [0.2, 0.25) is 0 Å². The van der Waals surface area contributed by atoms with Crippen molar-refractivity contribution in [1.82, 2.24) is 10.2 Å². The highest BCUT2D eigenvalue weighted by molar-refractivity contribution is 9.10. The van der Waals surface area contributed by atoms with E-state index in [2.05, 4.69) is 46.9 Å². The van der Waals surface area contributed by atoms with Crippen LogP contribution >= 0.6 is 15.9 Å². The average Bonchev–Trinajstić information content (AvgIpc) is 2.27. The van der Waals surface area contributed by atoms with Gasteiger partial charge in [-0.25, -0.2) is 4.39 Å². The van der Waals surface area contributed by atoms with Crippen LogP contribution in [0.1, 0.15) is 32.4 Å². The number of nitrogens with zero attached hydrogens (tertiary/aromatic N) is 1. The van der Waals surface area contributed by atoms with Gasteiger partial charge in [0.05, 0.1) is 0 Å². The molecule has 1 atom stereocenters. The minimum absolute atomic E-state index is 0.0528. The Bertz CT molecular complexity index is 434. The number of piperazine rings is 1. The van der Waals surface area contributed by atoms with Gasteiger partial charge in [0.1, 0.15) is 5.82 Å². The summed E-state index contributed by atoms with van der Waals surface area (Å²) in [5, 5.41) is 3.39. The van der Waals surface area contributed by atoms with E-state index in [1.54, 1.807) is 6.07 Å². The van der Waals surface area contributed by atoms with Crippen LogP contribution in [0.5, 0.6) is 0 Å². The van der Waals surface area contributed by atoms with Gasteiger partial charge < -0.3 is 5.32 Å². The molecule has 2 rings (SSSR count). The molecule has 4 heteroatoms. The fourth-order valence-electron chi connectivity index (χ4n) is 2.72. The summed E-state index contributed by atoms with van der Waals surface area (Å²) in [7, 11) is 0. The smallest absolute Gasteiger partial charge is 0.129 e. The summed E-state index contributed by atoms with van der Waals surface area (Å²) in [6.45, 7) is 9.34. The Morgan fingerprint density at radius 3 is 2.78 bits per heavy atom. The third-order valence-electron chi connectivity index (χ3n) is 3.74. The van der Waals surface area contributed by atoms with Gasteiger partial charge in [-0.15, -0.1) is 0 Å². The number of benzene rings is 1. The molecule has 0 spiro atoms. The zero-order chi connectivity index (χ0) is 13.3. The fraction of sp³-hybridized carbons (Fsp3) is 0.571. The predicted octanol–water partition coefficient (Wildman–Crippen LogP) is 3.33. The highest BCUT2D eigenvalue weighted by Crippen LogP contribution is 2.31. The molecule has 1 saturated heterocycles. The molecule has 0 aliphatic carbocycles. The topological polar surface area (TPSA) is 15.3 Å². The summed E-state index contributed by atoms with van der Waals surface area (Å²) < 4.78 is 14.8. The molecular formula is C14H20BrFN2. The van der Waals surface area contributed by atoms with E-state index in [1.807, 2.05) is 12.1 Å². The zero-order valence-electron chi connectivity index (χ0n) is 11.1. The average molecular weight is 315 g/mol. The van der Waals surface area contributed by atoms with E-state index in [4.69, 9.17) is 0 Å². The van der Waals surface area contributed by atoms with Gasteiger partial charge in [-0.2, -0.15) is 0 Å². The molecule has 0 aromatic heterocycles. The van der Waals surface area contributed by atoms with Crippen LogP contribution in [0.25, 0.3) is 0 Å². The molecule has 0 bridgehead atoms. The number of rotatable bonds is 2. The maximum atomic E-state index is 14.0. The quantitative estimate of drug-likeness (QED) is 0.900. The molecule has 0 radical (unpaired) electrons. The van der Waals surface area contributed by atoms with Crippen molar-refractivity contribution in [3.05, 3.63) is 34.1 Å². The molecular weight excluding hydrogens is 295 g/mol. The van der Waals surface area contributed by atoms with Gasteiger partial charge in [-0.05, 0) is 32.9 Å². The predicted molar refractivity (Wildman–Crippen MR) is 76.2 cm³/mol. The Balaban J connectivity index is 2.27. The summed E-state index contributed by atoms with van der Waals surface area (Å²) in [6.07, 6.45) is 0. The Hall–Kier alpha value is -0.450. The second kappa shape index (κ2) is 5.27.